The van der Waals surface area contributed by atoms with Crippen molar-refractivity contribution in [1.29, 1.82) is 0 Å². The van der Waals surface area contributed by atoms with Crippen LogP contribution >= 0.6 is 11.6 Å². The van der Waals surface area contributed by atoms with Crippen molar-refractivity contribution in [1.82, 2.24) is 10.2 Å². The monoisotopic (exact) mass is 426 g/mol. The highest BCUT2D eigenvalue weighted by Crippen LogP contribution is 2.19. The first kappa shape index (κ1) is 22.4. The van der Waals surface area contributed by atoms with Gasteiger partial charge in [-0.2, -0.15) is 0 Å². The van der Waals surface area contributed by atoms with Crippen LogP contribution in [-0.2, 0) is 22.4 Å². The van der Waals surface area contributed by atoms with Crippen molar-refractivity contribution in [2.24, 2.45) is 0 Å². The Labute approximate surface area is 184 Å². The Kier molecular flexibility index (Phi) is 8.32. The lowest BCUT2D eigenvalue weighted by Gasteiger charge is -2.31. The van der Waals surface area contributed by atoms with Crippen LogP contribution in [0.4, 0.5) is 0 Å². The molecule has 0 aliphatic heterocycles. The molecule has 1 aliphatic carbocycles. The number of carbonyl (C=O) groups excluding carboxylic acids is 2. The van der Waals surface area contributed by atoms with Gasteiger partial charge >= 0.3 is 0 Å². The zero-order valence-electron chi connectivity index (χ0n) is 17.6. The second-order valence-corrected chi connectivity index (χ2v) is 8.48. The molecule has 0 radical (unpaired) electrons. The molecule has 30 heavy (non-hydrogen) atoms. The summed E-state index contributed by atoms with van der Waals surface area (Å²) in [7, 11) is 0. The molecule has 1 saturated carbocycles. The largest absolute Gasteiger partial charge is 0.352 e. The Balaban J connectivity index is 1.74. The molecule has 1 atom stereocenters. The highest BCUT2D eigenvalue weighted by molar-refractivity contribution is 6.30. The SMILES string of the molecule is CC[C@H](C(=O)NC1CCCC1)N(CCc1ccccc1)C(=O)Cc1ccc(Cl)cc1. The smallest absolute Gasteiger partial charge is 0.243 e. The second-order valence-electron chi connectivity index (χ2n) is 8.04. The minimum atomic E-state index is -0.450. The Morgan fingerprint density at radius 1 is 1.03 bits per heavy atom. The first-order valence-electron chi connectivity index (χ1n) is 10.9. The Morgan fingerprint density at radius 3 is 2.33 bits per heavy atom. The molecule has 4 nitrogen and oxygen atoms in total. The topological polar surface area (TPSA) is 49.4 Å². The third-order valence-electron chi connectivity index (χ3n) is 5.84. The quantitative estimate of drug-likeness (QED) is 0.626. The number of carbonyl (C=O) groups is 2. The van der Waals surface area contributed by atoms with E-state index in [-0.39, 0.29) is 24.3 Å². The van der Waals surface area contributed by atoms with Crippen LogP contribution in [0.15, 0.2) is 54.6 Å². The lowest BCUT2D eigenvalue weighted by atomic mass is 10.1. The predicted molar refractivity (Wildman–Crippen MR) is 121 cm³/mol. The van der Waals surface area contributed by atoms with Gasteiger partial charge in [-0.15, -0.1) is 0 Å². The van der Waals surface area contributed by atoms with E-state index in [0.29, 0.717) is 18.0 Å². The van der Waals surface area contributed by atoms with Crippen LogP contribution in [0.25, 0.3) is 0 Å². The summed E-state index contributed by atoms with van der Waals surface area (Å²) in [6.45, 7) is 2.50. The van der Waals surface area contributed by atoms with E-state index in [1.165, 1.54) is 0 Å². The van der Waals surface area contributed by atoms with Gasteiger partial charge < -0.3 is 10.2 Å². The second kappa shape index (κ2) is 11.2. The summed E-state index contributed by atoms with van der Waals surface area (Å²) in [4.78, 5) is 28.1. The maximum atomic E-state index is 13.3. The Hall–Kier alpha value is -2.33. The van der Waals surface area contributed by atoms with Gasteiger partial charge in [0.25, 0.3) is 0 Å². The predicted octanol–water partition coefficient (Wildman–Crippen LogP) is 4.79. The van der Waals surface area contributed by atoms with Crippen LogP contribution in [0.3, 0.4) is 0 Å². The van der Waals surface area contributed by atoms with E-state index in [1.54, 1.807) is 17.0 Å². The molecule has 2 aromatic rings. The summed E-state index contributed by atoms with van der Waals surface area (Å²) in [5, 5.41) is 3.83. The number of rotatable bonds is 9. The first-order chi connectivity index (χ1) is 14.6. The fraction of sp³-hybridized carbons (Fsp3) is 0.440. The van der Waals surface area contributed by atoms with E-state index < -0.39 is 6.04 Å². The van der Waals surface area contributed by atoms with Crippen molar-refractivity contribution >= 4 is 23.4 Å². The van der Waals surface area contributed by atoms with E-state index in [0.717, 1.165) is 43.2 Å². The summed E-state index contributed by atoms with van der Waals surface area (Å²) in [6, 6.07) is 17.2. The molecule has 2 aromatic carbocycles. The number of hydrogen-bond acceptors (Lipinski definition) is 2. The lowest BCUT2D eigenvalue weighted by Crippen LogP contribution is -2.52. The number of nitrogens with zero attached hydrogens (tertiary/aromatic N) is 1. The van der Waals surface area contributed by atoms with Gasteiger partial charge in [0, 0.05) is 17.6 Å². The molecule has 2 amide bonds. The van der Waals surface area contributed by atoms with E-state index in [9.17, 15) is 9.59 Å². The summed E-state index contributed by atoms with van der Waals surface area (Å²) in [5.74, 6) is -0.0522. The van der Waals surface area contributed by atoms with Crippen molar-refractivity contribution in [2.45, 2.75) is 64.0 Å². The Morgan fingerprint density at radius 2 is 1.70 bits per heavy atom. The molecule has 0 saturated heterocycles. The molecule has 0 spiro atoms. The molecule has 1 N–H and O–H groups in total. The van der Waals surface area contributed by atoms with E-state index in [4.69, 9.17) is 11.6 Å². The van der Waals surface area contributed by atoms with Crippen LogP contribution in [0.2, 0.25) is 5.02 Å². The lowest BCUT2D eigenvalue weighted by molar-refractivity contribution is -0.140. The molecule has 0 unspecified atom stereocenters. The van der Waals surface area contributed by atoms with Crippen molar-refractivity contribution in [2.75, 3.05) is 6.54 Å². The highest BCUT2D eigenvalue weighted by Gasteiger charge is 2.30. The minimum Gasteiger partial charge on any atom is -0.352 e. The van der Waals surface area contributed by atoms with E-state index >= 15 is 0 Å². The highest BCUT2D eigenvalue weighted by atomic mass is 35.5. The van der Waals surface area contributed by atoms with Gasteiger partial charge in [-0.05, 0) is 48.9 Å². The van der Waals surface area contributed by atoms with Crippen molar-refractivity contribution in [3.8, 4) is 0 Å². The van der Waals surface area contributed by atoms with Gasteiger partial charge in [-0.25, -0.2) is 0 Å². The standard InChI is InChI=1S/C25H31ClN2O2/c1-2-23(25(30)27-22-10-6-7-11-22)28(17-16-19-8-4-3-5-9-19)24(29)18-20-12-14-21(26)15-13-20/h3-5,8-9,12-15,22-23H,2,6-7,10-11,16-18H2,1H3,(H,27,30)/t23-/m1/s1. The van der Waals surface area contributed by atoms with Crippen molar-refractivity contribution in [3.63, 3.8) is 0 Å². The minimum absolute atomic E-state index is 0.0260. The van der Waals surface area contributed by atoms with Crippen LogP contribution < -0.4 is 5.32 Å². The van der Waals surface area contributed by atoms with Gasteiger partial charge in [0.15, 0.2) is 0 Å². The average Bonchev–Trinajstić information content (AvgIpc) is 3.26. The molecule has 0 bridgehead atoms. The summed E-state index contributed by atoms with van der Waals surface area (Å²) in [5.41, 5.74) is 2.06. The van der Waals surface area contributed by atoms with Gasteiger partial charge in [-0.3, -0.25) is 9.59 Å². The zero-order chi connectivity index (χ0) is 21.3. The maximum absolute atomic E-state index is 13.3. The summed E-state index contributed by atoms with van der Waals surface area (Å²) in [6.07, 6.45) is 5.97. The fourth-order valence-electron chi connectivity index (χ4n) is 4.14. The summed E-state index contributed by atoms with van der Waals surface area (Å²) < 4.78 is 0. The summed E-state index contributed by atoms with van der Waals surface area (Å²) >= 11 is 5.98. The number of benzene rings is 2. The molecular formula is C25H31ClN2O2. The molecule has 1 aliphatic rings. The number of amides is 2. The van der Waals surface area contributed by atoms with Gasteiger partial charge in [0.2, 0.25) is 11.8 Å². The first-order valence-corrected chi connectivity index (χ1v) is 11.3. The van der Waals surface area contributed by atoms with Crippen molar-refractivity contribution in [3.05, 3.63) is 70.7 Å². The van der Waals surface area contributed by atoms with Gasteiger partial charge in [-0.1, -0.05) is 73.8 Å². The molecule has 160 valence electrons. The third-order valence-corrected chi connectivity index (χ3v) is 6.09. The average molecular weight is 427 g/mol. The molecular weight excluding hydrogens is 396 g/mol. The van der Waals surface area contributed by atoms with Crippen LogP contribution in [-0.4, -0.2) is 35.3 Å². The van der Waals surface area contributed by atoms with Crippen LogP contribution in [0.1, 0.15) is 50.2 Å². The maximum Gasteiger partial charge on any atom is 0.243 e. The van der Waals surface area contributed by atoms with Crippen LogP contribution in [0.5, 0.6) is 0 Å². The molecule has 0 aromatic heterocycles. The van der Waals surface area contributed by atoms with Crippen LogP contribution in [0, 0.1) is 0 Å². The van der Waals surface area contributed by atoms with Gasteiger partial charge in [0.05, 0.1) is 6.42 Å². The fourth-order valence-corrected chi connectivity index (χ4v) is 4.27. The zero-order valence-corrected chi connectivity index (χ0v) is 18.4. The number of nitrogens with one attached hydrogen (secondary N) is 1. The Bertz CT molecular complexity index is 817. The van der Waals surface area contributed by atoms with Gasteiger partial charge in [0.1, 0.15) is 6.04 Å². The van der Waals surface area contributed by atoms with E-state index in [2.05, 4.69) is 17.4 Å². The number of halogens is 1. The van der Waals surface area contributed by atoms with E-state index in [1.807, 2.05) is 37.3 Å². The molecule has 5 heteroatoms. The third kappa shape index (κ3) is 6.33. The molecule has 1 fully saturated rings. The molecule has 0 heterocycles. The van der Waals surface area contributed by atoms with Crippen molar-refractivity contribution < 1.29 is 9.59 Å². The molecule has 3 rings (SSSR count). The number of hydrogen-bond donors (Lipinski definition) is 1. The normalized spacial score (nSPS) is 15.0.